The van der Waals surface area contributed by atoms with Gasteiger partial charge in [0, 0.05) is 19.3 Å². The zero-order valence-corrected chi connectivity index (χ0v) is 43.6. The van der Waals surface area contributed by atoms with Crippen molar-refractivity contribution in [2.24, 2.45) is 0 Å². The Labute approximate surface area is 413 Å². The molecule has 0 aromatic rings. The van der Waals surface area contributed by atoms with Crippen LogP contribution in [-0.2, 0) is 28.6 Å². The number of unbranched alkanes of at least 4 members (excludes halogenated alkanes) is 22. The van der Waals surface area contributed by atoms with Gasteiger partial charge >= 0.3 is 17.9 Å². The molecule has 0 spiro atoms. The second-order valence-electron chi connectivity index (χ2n) is 18.1. The first-order valence-corrected chi connectivity index (χ1v) is 27.7. The predicted molar refractivity (Wildman–Crippen MR) is 288 cm³/mol. The Bertz CT molecular complexity index is 1350. The number of hydrogen-bond donors (Lipinski definition) is 0. The van der Waals surface area contributed by atoms with Crippen molar-refractivity contribution in [2.45, 2.75) is 258 Å². The molecule has 0 saturated carbocycles. The molecule has 0 fully saturated rings. The normalized spacial score (nSPS) is 12.8. The van der Waals surface area contributed by atoms with E-state index in [1.54, 1.807) is 0 Å². The number of rotatable bonds is 49. The van der Waals surface area contributed by atoms with Gasteiger partial charge < -0.3 is 14.2 Å². The third-order valence-electron chi connectivity index (χ3n) is 11.5. The van der Waals surface area contributed by atoms with Crippen molar-refractivity contribution in [3.05, 3.63) is 97.2 Å². The maximum atomic E-state index is 12.8. The van der Waals surface area contributed by atoms with Gasteiger partial charge in [0.2, 0.25) is 0 Å². The van der Waals surface area contributed by atoms with E-state index in [4.69, 9.17) is 14.2 Å². The molecule has 0 heterocycles. The van der Waals surface area contributed by atoms with Crippen molar-refractivity contribution in [1.29, 1.82) is 0 Å². The molecule has 0 aliphatic rings. The molecule has 0 N–H and O–H groups in total. The van der Waals surface area contributed by atoms with Crippen molar-refractivity contribution < 1.29 is 28.6 Å². The molecule has 0 radical (unpaired) electrons. The lowest BCUT2D eigenvalue weighted by atomic mass is 10.1. The summed E-state index contributed by atoms with van der Waals surface area (Å²) < 4.78 is 16.8. The molecule has 382 valence electrons. The van der Waals surface area contributed by atoms with Gasteiger partial charge in [-0.05, 0) is 122 Å². The van der Waals surface area contributed by atoms with Crippen molar-refractivity contribution in [2.75, 3.05) is 13.2 Å². The van der Waals surface area contributed by atoms with Crippen molar-refractivity contribution in [3.63, 3.8) is 0 Å². The second-order valence-corrected chi connectivity index (χ2v) is 18.1. The van der Waals surface area contributed by atoms with E-state index in [2.05, 4.69) is 118 Å². The zero-order valence-electron chi connectivity index (χ0n) is 43.6. The Balaban J connectivity index is 4.53. The van der Waals surface area contributed by atoms with Gasteiger partial charge in [-0.15, -0.1) is 0 Å². The first kappa shape index (κ1) is 63.3. The van der Waals surface area contributed by atoms with Crippen LogP contribution in [0.25, 0.3) is 0 Å². The topological polar surface area (TPSA) is 78.9 Å². The van der Waals surface area contributed by atoms with Gasteiger partial charge in [-0.25, -0.2) is 0 Å². The first-order chi connectivity index (χ1) is 33.0. The summed E-state index contributed by atoms with van der Waals surface area (Å²) in [6, 6.07) is 0. The molecule has 67 heavy (non-hydrogen) atoms. The van der Waals surface area contributed by atoms with Crippen LogP contribution in [0.4, 0.5) is 0 Å². The smallest absolute Gasteiger partial charge is 0.306 e. The highest BCUT2D eigenvalue weighted by atomic mass is 16.6. The van der Waals surface area contributed by atoms with Crippen LogP contribution >= 0.6 is 0 Å². The van der Waals surface area contributed by atoms with E-state index >= 15 is 0 Å². The van der Waals surface area contributed by atoms with Crippen LogP contribution in [0.5, 0.6) is 0 Å². The standard InChI is InChI=1S/C61H102O6/c1-4-7-10-13-16-19-22-25-28-30-33-35-38-41-44-47-50-53-59(62)65-56-58(67-61(64)55-52-49-46-43-40-37-32-27-24-21-18-15-12-9-6-3)57-66-60(63)54-51-48-45-42-39-36-34-31-29-26-23-20-17-14-11-8-5-2/h16-17,19-20,25-29,32-36,41,44,58H,4-15,18,21-24,30-31,37-40,42-43,45-57H2,1-3H3/b19-16-,20-17-,28-25-,29-26-,32-27-,35-33-,36-34-,44-41-/t58-/m1/s1. The van der Waals surface area contributed by atoms with Gasteiger partial charge in [0.15, 0.2) is 6.10 Å². The fourth-order valence-corrected chi connectivity index (χ4v) is 7.32. The lowest BCUT2D eigenvalue weighted by molar-refractivity contribution is -0.167. The maximum absolute atomic E-state index is 12.8. The highest BCUT2D eigenvalue weighted by Gasteiger charge is 2.19. The van der Waals surface area contributed by atoms with Crippen molar-refractivity contribution in [3.8, 4) is 0 Å². The Kier molecular flexibility index (Phi) is 51.9. The van der Waals surface area contributed by atoms with Gasteiger partial charge in [-0.2, -0.15) is 0 Å². The zero-order chi connectivity index (χ0) is 48.6. The van der Waals surface area contributed by atoms with Crippen LogP contribution in [0.15, 0.2) is 97.2 Å². The number of hydrogen-bond acceptors (Lipinski definition) is 6. The summed E-state index contributed by atoms with van der Waals surface area (Å²) in [6.45, 7) is 6.50. The molecular formula is C61H102O6. The van der Waals surface area contributed by atoms with E-state index in [1.165, 1.54) is 103 Å². The van der Waals surface area contributed by atoms with Gasteiger partial charge in [-0.3, -0.25) is 14.4 Å². The Hall–Kier alpha value is -3.67. The molecule has 0 aliphatic carbocycles. The maximum Gasteiger partial charge on any atom is 0.306 e. The minimum absolute atomic E-state index is 0.110. The Morgan fingerprint density at radius 1 is 0.299 bits per heavy atom. The number of carbonyl (C=O) groups excluding carboxylic acids is 3. The van der Waals surface area contributed by atoms with Gasteiger partial charge in [0.05, 0.1) is 0 Å². The van der Waals surface area contributed by atoms with E-state index in [1.807, 2.05) is 0 Å². The molecule has 0 aromatic carbocycles. The van der Waals surface area contributed by atoms with Gasteiger partial charge in [0.25, 0.3) is 0 Å². The lowest BCUT2D eigenvalue weighted by Crippen LogP contribution is -2.30. The average molecular weight is 931 g/mol. The number of allylic oxidation sites excluding steroid dienone is 16. The molecule has 0 unspecified atom stereocenters. The molecule has 0 saturated heterocycles. The van der Waals surface area contributed by atoms with Crippen LogP contribution < -0.4 is 0 Å². The van der Waals surface area contributed by atoms with Gasteiger partial charge in [0.1, 0.15) is 13.2 Å². The third-order valence-corrected chi connectivity index (χ3v) is 11.5. The first-order valence-electron chi connectivity index (χ1n) is 27.7. The highest BCUT2D eigenvalue weighted by Crippen LogP contribution is 2.13. The van der Waals surface area contributed by atoms with E-state index in [9.17, 15) is 14.4 Å². The number of esters is 3. The van der Waals surface area contributed by atoms with Crippen LogP contribution in [-0.4, -0.2) is 37.2 Å². The van der Waals surface area contributed by atoms with Crippen LogP contribution in [0.3, 0.4) is 0 Å². The highest BCUT2D eigenvalue weighted by molar-refractivity contribution is 5.71. The molecular weight excluding hydrogens is 829 g/mol. The molecule has 6 heteroatoms. The van der Waals surface area contributed by atoms with E-state index in [0.717, 1.165) is 103 Å². The minimum Gasteiger partial charge on any atom is -0.462 e. The monoisotopic (exact) mass is 931 g/mol. The van der Waals surface area contributed by atoms with Crippen molar-refractivity contribution >= 4 is 17.9 Å². The number of ether oxygens (including phenoxy) is 3. The summed E-state index contributed by atoms with van der Waals surface area (Å²) in [5.41, 5.74) is 0. The van der Waals surface area contributed by atoms with E-state index in [0.29, 0.717) is 19.3 Å². The molecule has 6 nitrogen and oxygen atoms in total. The molecule has 0 bridgehead atoms. The molecule has 1 atom stereocenters. The summed E-state index contributed by atoms with van der Waals surface area (Å²) in [5, 5.41) is 0. The number of carbonyl (C=O) groups is 3. The summed E-state index contributed by atoms with van der Waals surface area (Å²) >= 11 is 0. The summed E-state index contributed by atoms with van der Waals surface area (Å²) in [5.74, 6) is -0.996. The molecule has 0 aromatic heterocycles. The predicted octanol–water partition coefficient (Wildman–Crippen LogP) is 18.5. The Morgan fingerprint density at radius 2 is 0.552 bits per heavy atom. The minimum atomic E-state index is -0.814. The summed E-state index contributed by atoms with van der Waals surface area (Å²) in [6.07, 6.45) is 72.5. The van der Waals surface area contributed by atoms with E-state index < -0.39 is 6.10 Å². The van der Waals surface area contributed by atoms with E-state index in [-0.39, 0.29) is 37.5 Å². The van der Waals surface area contributed by atoms with Crippen LogP contribution in [0.2, 0.25) is 0 Å². The largest absolute Gasteiger partial charge is 0.462 e. The Morgan fingerprint density at radius 3 is 0.940 bits per heavy atom. The van der Waals surface area contributed by atoms with Gasteiger partial charge in [-0.1, -0.05) is 208 Å². The third kappa shape index (κ3) is 53.2. The molecule has 0 aliphatic heterocycles. The molecule has 0 rings (SSSR count). The fraction of sp³-hybridized carbons (Fsp3) is 0.689. The lowest BCUT2D eigenvalue weighted by Gasteiger charge is -2.18. The SMILES string of the molecule is CCCCC/C=C\C/C=C\C/C=C\C/C=C\CCCC(=O)OC[C@H](COC(=O)CCCCCC/C=C\C/C=C\C/C=C\CCCCC)OC(=O)CCCCCCC/C=C\CCCCCCCC. The van der Waals surface area contributed by atoms with Crippen LogP contribution in [0.1, 0.15) is 252 Å². The average Bonchev–Trinajstić information content (AvgIpc) is 3.33. The summed E-state index contributed by atoms with van der Waals surface area (Å²) in [7, 11) is 0. The quantitative estimate of drug-likeness (QED) is 0.0262. The van der Waals surface area contributed by atoms with Crippen LogP contribution in [0, 0.1) is 0 Å². The fourth-order valence-electron chi connectivity index (χ4n) is 7.32. The molecule has 0 amide bonds. The summed E-state index contributed by atoms with van der Waals surface area (Å²) in [4.78, 5) is 38.1. The van der Waals surface area contributed by atoms with Crippen molar-refractivity contribution in [1.82, 2.24) is 0 Å². The second kappa shape index (κ2) is 54.9.